The number of aromatic nitrogens is 2. The molecule has 0 fully saturated rings. The fourth-order valence-electron chi connectivity index (χ4n) is 2.01. The molecule has 0 atom stereocenters. The molecule has 0 saturated carbocycles. The summed E-state index contributed by atoms with van der Waals surface area (Å²) >= 11 is 0. The van der Waals surface area contributed by atoms with E-state index in [1.807, 2.05) is 23.3 Å². The van der Waals surface area contributed by atoms with Gasteiger partial charge >= 0.3 is 0 Å². The van der Waals surface area contributed by atoms with Crippen LogP contribution in [-0.4, -0.2) is 14.3 Å². The summed E-state index contributed by atoms with van der Waals surface area (Å²) < 4.78 is 3.74. The van der Waals surface area contributed by atoms with Gasteiger partial charge in [-0.2, -0.15) is 5.10 Å². The molecule has 1 aromatic heterocycles. The summed E-state index contributed by atoms with van der Waals surface area (Å²) in [6, 6.07) is 4.67. The van der Waals surface area contributed by atoms with E-state index in [0.29, 0.717) is 17.4 Å². The third-order valence-electron chi connectivity index (χ3n) is 2.81. The Morgan fingerprint density at radius 2 is 2.24 bits per heavy atom. The highest BCUT2D eigenvalue weighted by Crippen LogP contribution is 2.18. The second kappa shape index (κ2) is 3.93. The van der Waals surface area contributed by atoms with Crippen LogP contribution >= 0.6 is 0 Å². The van der Waals surface area contributed by atoms with Crippen LogP contribution < -0.4 is 11.3 Å². The maximum absolute atomic E-state index is 10.7. The van der Waals surface area contributed by atoms with Crippen molar-refractivity contribution in [2.45, 2.75) is 13.5 Å². The second-order valence-electron chi connectivity index (χ2n) is 3.65. The molecule has 2 N–H and O–H groups in total. The van der Waals surface area contributed by atoms with Gasteiger partial charge in [0, 0.05) is 25.7 Å². The van der Waals surface area contributed by atoms with Crippen LogP contribution in [-0.2, 0) is 13.6 Å². The zero-order chi connectivity index (χ0) is 12.6. The van der Waals surface area contributed by atoms with E-state index >= 15 is 0 Å². The Morgan fingerprint density at radius 1 is 1.53 bits per heavy atom. The van der Waals surface area contributed by atoms with E-state index in [4.69, 9.17) is 5.84 Å². The van der Waals surface area contributed by atoms with Crippen molar-refractivity contribution in [1.29, 1.82) is 0 Å². The van der Waals surface area contributed by atoms with E-state index in [-0.39, 0.29) is 5.69 Å². The Morgan fingerprint density at radius 3 is 2.76 bits per heavy atom. The van der Waals surface area contributed by atoms with Gasteiger partial charge in [-0.3, -0.25) is 19.5 Å². The number of nitro groups is 1. The van der Waals surface area contributed by atoms with Gasteiger partial charge in [-0.1, -0.05) is 0 Å². The minimum Gasteiger partial charge on any atom is -0.321 e. The lowest BCUT2D eigenvalue weighted by molar-refractivity contribution is -0.384. The average Bonchev–Trinajstić information content (AvgIpc) is 2.60. The normalized spacial score (nSPS) is 12.2. The molecule has 0 amide bonds. The van der Waals surface area contributed by atoms with Gasteiger partial charge in [-0.15, -0.1) is 0 Å². The molecule has 2 aromatic rings. The standard InChI is InChI=1S/C10H13N5O2/c1-3-14-10(12-11)8-6-7(15(16)17)4-5-9(8)13(14)2/h4-6H,3,11H2,1-2H3. The Balaban J connectivity index is 2.91. The van der Waals surface area contributed by atoms with E-state index < -0.39 is 4.92 Å². The quantitative estimate of drug-likeness (QED) is 0.471. The van der Waals surface area contributed by atoms with E-state index in [9.17, 15) is 10.1 Å². The maximum atomic E-state index is 10.7. The van der Waals surface area contributed by atoms with Crippen molar-refractivity contribution in [2.75, 3.05) is 0 Å². The predicted octanol–water partition coefficient (Wildman–Crippen LogP) is 0.682. The Kier molecular flexibility index (Phi) is 2.58. The average molecular weight is 235 g/mol. The van der Waals surface area contributed by atoms with Crippen molar-refractivity contribution in [3.05, 3.63) is 33.8 Å². The zero-order valence-corrected chi connectivity index (χ0v) is 9.62. The monoisotopic (exact) mass is 235 g/mol. The number of hydrogen-bond acceptors (Lipinski definition) is 4. The zero-order valence-electron chi connectivity index (χ0n) is 9.62. The van der Waals surface area contributed by atoms with Crippen LogP contribution in [0.1, 0.15) is 6.92 Å². The summed E-state index contributed by atoms with van der Waals surface area (Å²) in [5.41, 5.74) is 1.45. The first-order chi connectivity index (χ1) is 8.10. The van der Waals surface area contributed by atoms with E-state index in [1.165, 1.54) is 12.1 Å². The van der Waals surface area contributed by atoms with Gasteiger partial charge in [0.2, 0.25) is 0 Å². The summed E-state index contributed by atoms with van der Waals surface area (Å²) in [7, 11) is 1.87. The summed E-state index contributed by atoms with van der Waals surface area (Å²) in [5, 5.41) is 15.1. The van der Waals surface area contributed by atoms with E-state index in [1.54, 1.807) is 6.07 Å². The van der Waals surface area contributed by atoms with Crippen molar-refractivity contribution >= 4 is 16.6 Å². The van der Waals surface area contributed by atoms with Crippen molar-refractivity contribution < 1.29 is 4.92 Å². The Bertz CT molecular complexity index is 652. The van der Waals surface area contributed by atoms with Crippen LogP contribution in [0, 0.1) is 10.1 Å². The van der Waals surface area contributed by atoms with Gasteiger partial charge in [0.15, 0.2) is 5.49 Å². The van der Waals surface area contributed by atoms with Gasteiger partial charge in [-0.05, 0) is 13.0 Å². The first kappa shape index (κ1) is 11.2. The fraction of sp³-hybridized carbons (Fsp3) is 0.300. The molecule has 0 aliphatic rings. The van der Waals surface area contributed by atoms with Crippen LogP contribution in [0.4, 0.5) is 5.69 Å². The van der Waals surface area contributed by atoms with Crippen LogP contribution in [0.15, 0.2) is 23.3 Å². The summed E-state index contributed by atoms with van der Waals surface area (Å²) in [4.78, 5) is 10.3. The van der Waals surface area contributed by atoms with E-state index in [0.717, 1.165) is 5.52 Å². The molecule has 0 spiro atoms. The number of aryl methyl sites for hydroxylation is 1. The first-order valence-electron chi connectivity index (χ1n) is 5.18. The van der Waals surface area contributed by atoms with Crippen molar-refractivity contribution in [3.63, 3.8) is 0 Å². The highest BCUT2D eigenvalue weighted by molar-refractivity contribution is 5.80. The number of benzene rings is 1. The molecule has 0 aliphatic carbocycles. The largest absolute Gasteiger partial charge is 0.321 e. The highest BCUT2D eigenvalue weighted by Gasteiger charge is 2.12. The van der Waals surface area contributed by atoms with Crippen LogP contribution in [0.3, 0.4) is 0 Å². The molecule has 0 bridgehead atoms. The minimum absolute atomic E-state index is 0.0382. The van der Waals surface area contributed by atoms with Crippen molar-refractivity contribution in [3.8, 4) is 0 Å². The molecule has 0 unspecified atom stereocenters. The smallest absolute Gasteiger partial charge is 0.270 e. The molecule has 7 heteroatoms. The molecule has 17 heavy (non-hydrogen) atoms. The lowest BCUT2D eigenvalue weighted by Gasteiger charge is -2.04. The summed E-state index contributed by atoms with van der Waals surface area (Å²) in [5.74, 6) is 5.35. The van der Waals surface area contributed by atoms with Gasteiger partial charge in [0.05, 0.1) is 15.8 Å². The van der Waals surface area contributed by atoms with Crippen LogP contribution in [0.2, 0.25) is 0 Å². The number of nitrogens with two attached hydrogens (primary N) is 1. The summed E-state index contributed by atoms with van der Waals surface area (Å²) in [6.45, 7) is 2.65. The molecule has 1 aromatic carbocycles. The third kappa shape index (κ3) is 1.55. The molecule has 0 radical (unpaired) electrons. The van der Waals surface area contributed by atoms with Crippen LogP contribution in [0.5, 0.6) is 0 Å². The van der Waals surface area contributed by atoms with Gasteiger partial charge < -0.3 is 5.84 Å². The SMILES string of the molecule is CCn1c(=NN)c2cc([N+](=O)[O-])ccc2n1C. The number of non-ortho nitro benzene ring substituents is 1. The van der Waals surface area contributed by atoms with Gasteiger partial charge in [0.25, 0.3) is 5.69 Å². The number of nitro benzene ring substituents is 1. The molecule has 90 valence electrons. The highest BCUT2D eigenvalue weighted by atomic mass is 16.6. The molecule has 1 heterocycles. The fourth-order valence-corrected chi connectivity index (χ4v) is 2.01. The number of rotatable bonds is 2. The molecular formula is C10H13N5O2. The van der Waals surface area contributed by atoms with Gasteiger partial charge in [-0.25, -0.2) is 0 Å². The molecule has 2 rings (SSSR count). The maximum Gasteiger partial charge on any atom is 0.270 e. The molecular weight excluding hydrogens is 222 g/mol. The predicted molar refractivity (Wildman–Crippen MR) is 63.0 cm³/mol. The van der Waals surface area contributed by atoms with Crippen LogP contribution in [0.25, 0.3) is 10.9 Å². The van der Waals surface area contributed by atoms with E-state index in [2.05, 4.69) is 5.10 Å². The lowest BCUT2D eigenvalue weighted by atomic mass is 10.2. The van der Waals surface area contributed by atoms with Crippen molar-refractivity contribution in [2.24, 2.45) is 18.0 Å². The summed E-state index contributed by atoms with van der Waals surface area (Å²) in [6.07, 6.45) is 0. The Labute approximate surface area is 96.9 Å². The van der Waals surface area contributed by atoms with Gasteiger partial charge in [0.1, 0.15) is 0 Å². The minimum atomic E-state index is -0.428. The number of hydrogen-bond donors (Lipinski definition) is 1. The molecule has 0 saturated heterocycles. The number of nitrogens with zero attached hydrogens (tertiary/aromatic N) is 4. The molecule has 7 nitrogen and oxygen atoms in total. The topological polar surface area (TPSA) is 91.4 Å². The first-order valence-corrected chi connectivity index (χ1v) is 5.18. The lowest BCUT2D eigenvalue weighted by Crippen LogP contribution is -2.23. The molecule has 0 aliphatic heterocycles. The second-order valence-corrected chi connectivity index (χ2v) is 3.65. The number of fused-ring (bicyclic) bond motifs is 1. The third-order valence-corrected chi connectivity index (χ3v) is 2.81. The Hall–Kier alpha value is -2.31. The van der Waals surface area contributed by atoms with Crippen molar-refractivity contribution in [1.82, 2.24) is 9.36 Å².